The maximum atomic E-state index is 5.59. The van der Waals surface area contributed by atoms with Crippen molar-refractivity contribution in [1.82, 2.24) is 34.1 Å². The summed E-state index contributed by atoms with van der Waals surface area (Å²) in [6, 6.07) is 42.4. The van der Waals surface area contributed by atoms with E-state index in [1.165, 1.54) is 16.5 Å². The van der Waals surface area contributed by atoms with E-state index in [1.807, 2.05) is 18.2 Å². The SMILES string of the molecule is CC1CC=CC=C1n1c(-c2ccccc2)nc2c1c1c3[nH]c4ccccc4c3ccc1n2-c1cccc(-c2nc(C3=CCCC=C3)nc(-c3ccccc3)n2)c1. The molecule has 56 heavy (non-hydrogen) atoms. The van der Waals surface area contributed by atoms with E-state index < -0.39 is 0 Å². The summed E-state index contributed by atoms with van der Waals surface area (Å²) in [6.07, 6.45) is 16.2. The largest absolute Gasteiger partial charge is 0.354 e. The highest BCUT2D eigenvalue weighted by atomic mass is 15.2. The zero-order chi connectivity index (χ0) is 37.2. The summed E-state index contributed by atoms with van der Waals surface area (Å²) < 4.78 is 4.74. The Labute approximate surface area is 323 Å². The van der Waals surface area contributed by atoms with Gasteiger partial charge in [0.05, 0.1) is 16.4 Å². The summed E-state index contributed by atoms with van der Waals surface area (Å²) in [6.45, 7) is 2.31. The van der Waals surface area contributed by atoms with E-state index in [0.717, 1.165) is 86.1 Å². The molecule has 0 radical (unpaired) electrons. The molecule has 2 aliphatic carbocycles. The van der Waals surface area contributed by atoms with Crippen molar-refractivity contribution in [3.05, 3.63) is 164 Å². The van der Waals surface area contributed by atoms with E-state index in [9.17, 15) is 0 Å². The van der Waals surface area contributed by atoms with Crippen molar-refractivity contribution >= 4 is 55.1 Å². The predicted molar refractivity (Wildman–Crippen MR) is 229 cm³/mol. The topological polar surface area (TPSA) is 77.2 Å². The lowest BCUT2D eigenvalue weighted by Crippen LogP contribution is -2.09. The zero-order valence-corrected chi connectivity index (χ0v) is 30.9. The van der Waals surface area contributed by atoms with Crippen LogP contribution in [0.5, 0.6) is 0 Å². The molecule has 5 aromatic carbocycles. The molecule has 0 fully saturated rings. The highest BCUT2D eigenvalue weighted by molar-refractivity contribution is 6.24. The lowest BCUT2D eigenvalue weighted by molar-refractivity contribution is 0.720. The first kappa shape index (κ1) is 32.3. The van der Waals surface area contributed by atoms with Gasteiger partial charge in [-0.1, -0.05) is 134 Å². The Bertz CT molecular complexity index is 3120. The van der Waals surface area contributed by atoms with Gasteiger partial charge in [0.15, 0.2) is 23.1 Å². The molecule has 9 aromatic rings. The number of hydrogen-bond acceptors (Lipinski definition) is 4. The number of nitrogens with zero attached hydrogens (tertiary/aromatic N) is 6. The first-order chi connectivity index (χ1) is 27.7. The summed E-state index contributed by atoms with van der Waals surface area (Å²) in [4.78, 5) is 24.6. The molecular formula is C49H37N7. The van der Waals surface area contributed by atoms with Crippen LogP contribution in [-0.4, -0.2) is 34.1 Å². The van der Waals surface area contributed by atoms with Crippen molar-refractivity contribution in [2.24, 2.45) is 5.92 Å². The molecule has 0 spiro atoms. The summed E-state index contributed by atoms with van der Waals surface area (Å²) in [5.41, 5.74) is 11.4. The first-order valence-electron chi connectivity index (χ1n) is 19.4. The monoisotopic (exact) mass is 723 g/mol. The molecule has 11 rings (SSSR count). The molecule has 4 heterocycles. The zero-order valence-electron chi connectivity index (χ0n) is 30.9. The molecule has 1 N–H and O–H groups in total. The molecule has 4 aromatic heterocycles. The number of H-pyrrole nitrogens is 1. The molecule has 1 atom stereocenters. The van der Waals surface area contributed by atoms with Gasteiger partial charge in [-0.15, -0.1) is 0 Å². The molecule has 0 amide bonds. The smallest absolute Gasteiger partial charge is 0.165 e. The highest BCUT2D eigenvalue weighted by Crippen LogP contribution is 2.43. The maximum Gasteiger partial charge on any atom is 0.165 e. The van der Waals surface area contributed by atoms with E-state index in [-0.39, 0.29) is 0 Å². The Kier molecular flexibility index (Phi) is 7.52. The number of aromatic amines is 1. The number of nitrogens with one attached hydrogen (secondary N) is 1. The average Bonchev–Trinajstić information content (AvgIpc) is 3.93. The summed E-state index contributed by atoms with van der Waals surface area (Å²) in [5, 5.41) is 3.54. The second kappa shape index (κ2) is 13.0. The Hall–Kier alpha value is -7.12. The van der Waals surface area contributed by atoms with Crippen LogP contribution in [0, 0.1) is 5.92 Å². The van der Waals surface area contributed by atoms with Crippen LogP contribution in [-0.2, 0) is 0 Å². The van der Waals surface area contributed by atoms with Crippen molar-refractivity contribution in [1.29, 1.82) is 0 Å². The second-order valence-electron chi connectivity index (χ2n) is 14.7. The Morgan fingerprint density at radius 3 is 2.20 bits per heavy atom. The summed E-state index contributed by atoms with van der Waals surface area (Å²) in [7, 11) is 0. The number of imidazole rings is 1. The number of benzene rings is 5. The van der Waals surface area contributed by atoms with Crippen LogP contribution in [0.25, 0.3) is 95.0 Å². The molecule has 7 nitrogen and oxygen atoms in total. The molecule has 0 saturated carbocycles. The van der Waals surface area contributed by atoms with Gasteiger partial charge < -0.3 is 4.98 Å². The lowest BCUT2D eigenvalue weighted by atomic mass is 9.98. The molecule has 0 saturated heterocycles. The average molecular weight is 724 g/mol. The predicted octanol–water partition coefficient (Wildman–Crippen LogP) is 12.0. The number of allylic oxidation sites excluding steroid dienone is 8. The van der Waals surface area contributed by atoms with Crippen molar-refractivity contribution < 1.29 is 0 Å². The second-order valence-corrected chi connectivity index (χ2v) is 14.7. The summed E-state index contributed by atoms with van der Waals surface area (Å²) >= 11 is 0. The fourth-order valence-electron chi connectivity index (χ4n) is 8.47. The maximum absolute atomic E-state index is 5.59. The third kappa shape index (κ3) is 5.19. The van der Waals surface area contributed by atoms with E-state index in [2.05, 4.69) is 161 Å². The highest BCUT2D eigenvalue weighted by Gasteiger charge is 2.28. The van der Waals surface area contributed by atoms with Crippen LogP contribution in [0.3, 0.4) is 0 Å². The van der Waals surface area contributed by atoms with Gasteiger partial charge in [-0.3, -0.25) is 9.13 Å². The quantitative estimate of drug-likeness (QED) is 0.185. The number of aromatic nitrogens is 7. The minimum absolute atomic E-state index is 0.300. The number of rotatable bonds is 6. The number of fused-ring (bicyclic) bond motifs is 7. The van der Waals surface area contributed by atoms with Gasteiger partial charge >= 0.3 is 0 Å². The van der Waals surface area contributed by atoms with Gasteiger partial charge in [0.1, 0.15) is 11.3 Å². The minimum atomic E-state index is 0.300. The van der Waals surface area contributed by atoms with Crippen LogP contribution in [0.1, 0.15) is 32.0 Å². The van der Waals surface area contributed by atoms with Crippen molar-refractivity contribution in [2.75, 3.05) is 0 Å². The first-order valence-corrected chi connectivity index (χ1v) is 19.4. The standard InChI is InChI=1S/C49H37N7/c1-31-16-11-14-27-40(31)56-44-42-41(29-28-38-37-25-12-13-26-39(37)50-43(38)42)55(49(44)54-48(56)34-21-9-4-10-22-34)36-24-15-23-35(30-36)47-52-45(32-17-5-2-6-18-32)51-46(53-47)33-19-7-3-8-20-33/h2,4-7,9-15,17-31,50H,3,8,16H2,1H3. The van der Waals surface area contributed by atoms with Crippen molar-refractivity contribution in [3.8, 4) is 39.9 Å². The van der Waals surface area contributed by atoms with Gasteiger partial charge in [-0.05, 0) is 49.6 Å². The van der Waals surface area contributed by atoms with Crippen LogP contribution >= 0.6 is 0 Å². The van der Waals surface area contributed by atoms with Crippen LogP contribution < -0.4 is 0 Å². The minimum Gasteiger partial charge on any atom is -0.354 e. The number of hydrogen-bond donors (Lipinski definition) is 1. The van der Waals surface area contributed by atoms with E-state index in [4.69, 9.17) is 19.9 Å². The van der Waals surface area contributed by atoms with Gasteiger partial charge in [-0.25, -0.2) is 19.9 Å². The molecule has 1 unspecified atom stereocenters. The van der Waals surface area contributed by atoms with Crippen LogP contribution in [0.15, 0.2) is 158 Å². The molecule has 2 aliphatic rings. The number of para-hydroxylation sites is 1. The van der Waals surface area contributed by atoms with Crippen LogP contribution in [0.4, 0.5) is 0 Å². The Morgan fingerprint density at radius 1 is 0.643 bits per heavy atom. The molecule has 0 bridgehead atoms. The molecule has 268 valence electrons. The molecular weight excluding hydrogens is 687 g/mol. The third-order valence-electron chi connectivity index (χ3n) is 11.2. The molecule has 0 aliphatic heterocycles. The lowest BCUT2D eigenvalue weighted by Gasteiger charge is -2.21. The van der Waals surface area contributed by atoms with Gasteiger partial charge in [0.2, 0.25) is 0 Å². The Balaban J connectivity index is 1.21. The Morgan fingerprint density at radius 2 is 1.39 bits per heavy atom. The van der Waals surface area contributed by atoms with E-state index in [0.29, 0.717) is 23.4 Å². The van der Waals surface area contributed by atoms with Crippen molar-refractivity contribution in [3.63, 3.8) is 0 Å². The van der Waals surface area contributed by atoms with E-state index in [1.54, 1.807) is 0 Å². The van der Waals surface area contributed by atoms with Crippen molar-refractivity contribution in [2.45, 2.75) is 26.2 Å². The fraction of sp³-hybridized carbons (Fsp3) is 0.102. The normalized spacial score (nSPS) is 15.6. The van der Waals surface area contributed by atoms with Gasteiger partial charge in [0, 0.05) is 55.9 Å². The van der Waals surface area contributed by atoms with Gasteiger partial charge in [-0.2, -0.15) is 0 Å². The third-order valence-corrected chi connectivity index (χ3v) is 11.2. The molecule has 7 heteroatoms. The summed E-state index contributed by atoms with van der Waals surface area (Å²) in [5.74, 6) is 3.19. The fourth-order valence-corrected chi connectivity index (χ4v) is 8.47. The van der Waals surface area contributed by atoms with Gasteiger partial charge in [0.25, 0.3) is 0 Å². The van der Waals surface area contributed by atoms with Crippen LogP contribution in [0.2, 0.25) is 0 Å². The van der Waals surface area contributed by atoms with E-state index >= 15 is 0 Å².